The van der Waals surface area contributed by atoms with Crippen LogP contribution in [-0.2, 0) is 10.0 Å². The molecule has 1 spiro atoms. The minimum absolute atomic E-state index is 0. The van der Waals surface area contributed by atoms with Crippen molar-refractivity contribution in [1.29, 1.82) is 0 Å². The topological polar surface area (TPSA) is 109 Å². The maximum absolute atomic E-state index is 13.5. The van der Waals surface area contributed by atoms with Crippen molar-refractivity contribution in [3.8, 4) is 11.6 Å². The van der Waals surface area contributed by atoms with Gasteiger partial charge in [-0.05, 0) is 31.0 Å². The van der Waals surface area contributed by atoms with E-state index in [1.165, 1.54) is 25.4 Å². The van der Waals surface area contributed by atoms with Crippen molar-refractivity contribution >= 4 is 21.6 Å². The molecule has 8 nitrogen and oxygen atoms in total. The molecular formula is C17H15FKN3O5S. The molecule has 1 aliphatic heterocycles. The average molecular weight is 431 g/mol. The molecule has 1 saturated carbocycles. The molecule has 1 fully saturated rings. The number of hydrogen-bond acceptors (Lipinski definition) is 6. The van der Waals surface area contributed by atoms with E-state index in [1.807, 2.05) is 0 Å². The number of carbonyl (C=O) groups is 1. The number of fused-ring (bicyclic) bond motifs is 1. The van der Waals surface area contributed by atoms with Crippen molar-refractivity contribution in [2.24, 2.45) is 0 Å². The standard InChI is InChI=1S/C17H15FN3O5S.K/c1-25-13-3-2-10(18)6-14(13)27(23,24)21-11-7-12-15(22)20-17(4-5-17)9-26-16(12)19-8-11;/h2-3,6-8H,4-5,9H2,1H3,(H,20,22);/q-1;+1. The van der Waals surface area contributed by atoms with E-state index in [2.05, 4.69) is 15.0 Å². The molecule has 2 aromatic rings. The molecule has 0 bridgehead atoms. The largest absolute Gasteiger partial charge is 1.00 e. The van der Waals surface area contributed by atoms with E-state index in [4.69, 9.17) is 9.47 Å². The van der Waals surface area contributed by atoms with Crippen LogP contribution in [0, 0.1) is 5.82 Å². The van der Waals surface area contributed by atoms with Gasteiger partial charge in [0.15, 0.2) is 0 Å². The summed E-state index contributed by atoms with van der Waals surface area (Å²) in [6.07, 6.45) is 2.82. The molecule has 1 aromatic heterocycles. The average Bonchev–Trinajstić information content (AvgIpc) is 3.41. The third-order valence-corrected chi connectivity index (χ3v) is 5.75. The first-order valence-corrected chi connectivity index (χ1v) is 9.53. The van der Waals surface area contributed by atoms with Crippen molar-refractivity contribution in [3.05, 3.63) is 46.6 Å². The van der Waals surface area contributed by atoms with Crippen LogP contribution in [-0.4, -0.2) is 38.6 Å². The Morgan fingerprint density at radius 3 is 2.75 bits per heavy atom. The van der Waals surface area contributed by atoms with Crippen molar-refractivity contribution in [1.82, 2.24) is 10.3 Å². The summed E-state index contributed by atoms with van der Waals surface area (Å²) in [5.41, 5.74) is -0.345. The van der Waals surface area contributed by atoms with Gasteiger partial charge in [-0.25, -0.2) is 17.8 Å². The van der Waals surface area contributed by atoms with E-state index in [0.717, 1.165) is 25.0 Å². The number of amides is 1. The van der Waals surface area contributed by atoms with Crippen LogP contribution in [0.25, 0.3) is 4.72 Å². The molecule has 1 aliphatic carbocycles. The third kappa shape index (κ3) is 4.19. The first-order chi connectivity index (χ1) is 12.8. The van der Waals surface area contributed by atoms with Crippen LogP contribution in [0.4, 0.5) is 10.1 Å². The van der Waals surface area contributed by atoms with Crippen molar-refractivity contribution in [2.75, 3.05) is 13.7 Å². The smallest absolute Gasteiger partial charge is 0.571 e. The van der Waals surface area contributed by atoms with Crippen LogP contribution in [0.5, 0.6) is 11.6 Å². The van der Waals surface area contributed by atoms with Gasteiger partial charge in [-0.1, -0.05) is 6.07 Å². The maximum Gasteiger partial charge on any atom is 1.00 e. The molecule has 0 unspecified atom stereocenters. The number of nitrogens with zero attached hydrogens (tertiary/aromatic N) is 2. The molecule has 2 heterocycles. The number of benzene rings is 1. The quantitative estimate of drug-likeness (QED) is 0.641. The van der Waals surface area contributed by atoms with Gasteiger partial charge >= 0.3 is 51.4 Å². The van der Waals surface area contributed by atoms with E-state index < -0.39 is 26.6 Å². The minimum Gasteiger partial charge on any atom is -0.571 e. The number of halogens is 1. The molecule has 1 amide bonds. The Kier molecular flexibility index (Phi) is 6.04. The van der Waals surface area contributed by atoms with Gasteiger partial charge in [0, 0.05) is 6.20 Å². The zero-order valence-electron chi connectivity index (χ0n) is 15.2. The van der Waals surface area contributed by atoms with Crippen molar-refractivity contribution in [2.45, 2.75) is 23.3 Å². The first kappa shape index (κ1) is 21.5. The van der Waals surface area contributed by atoms with Crippen LogP contribution in [0.15, 0.2) is 35.4 Å². The number of rotatable bonds is 4. The van der Waals surface area contributed by atoms with Crippen molar-refractivity contribution < 1.29 is 78.5 Å². The Hall–Kier alpha value is -1.24. The summed E-state index contributed by atoms with van der Waals surface area (Å²) < 4.78 is 52.9. The Bertz CT molecular complexity index is 1040. The molecule has 1 aromatic carbocycles. The minimum atomic E-state index is -4.29. The number of sulfonamides is 1. The summed E-state index contributed by atoms with van der Waals surface area (Å²) in [6, 6.07) is 4.38. The van der Waals surface area contributed by atoms with E-state index in [-0.39, 0.29) is 79.8 Å². The Morgan fingerprint density at radius 1 is 1.32 bits per heavy atom. The Labute approximate surface area is 203 Å². The van der Waals surface area contributed by atoms with Gasteiger partial charge in [-0.15, -0.1) is 5.69 Å². The second-order valence-corrected chi connectivity index (χ2v) is 8.00. The van der Waals surface area contributed by atoms with Crippen LogP contribution in [0.2, 0.25) is 0 Å². The van der Waals surface area contributed by atoms with Crippen LogP contribution >= 0.6 is 0 Å². The number of pyridine rings is 1. The van der Waals surface area contributed by atoms with E-state index in [1.54, 1.807) is 0 Å². The van der Waals surface area contributed by atoms with Gasteiger partial charge in [-0.2, -0.15) is 0 Å². The maximum atomic E-state index is 13.5. The zero-order chi connectivity index (χ0) is 19.2. The van der Waals surface area contributed by atoms with Crippen molar-refractivity contribution in [3.63, 3.8) is 0 Å². The number of aromatic nitrogens is 1. The summed E-state index contributed by atoms with van der Waals surface area (Å²) in [4.78, 5) is 16.0. The van der Waals surface area contributed by atoms with Gasteiger partial charge in [-0.3, -0.25) is 4.79 Å². The number of methoxy groups -OCH3 is 1. The predicted octanol–water partition coefficient (Wildman–Crippen LogP) is -0.718. The molecule has 142 valence electrons. The van der Waals surface area contributed by atoms with Gasteiger partial charge in [0.25, 0.3) is 5.91 Å². The van der Waals surface area contributed by atoms with Gasteiger partial charge in [0.1, 0.15) is 33.8 Å². The molecule has 0 atom stereocenters. The fraction of sp³-hybridized carbons (Fsp3) is 0.294. The number of ether oxygens (including phenoxy) is 2. The normalized spacial score (nSPS) is 16.7. The predicted molar refractivity (Wildman–Crippen MR) is 92.3 cm³/mol. The fourth-order valence-corrected chi connectivity index (χ4v) is 3.92. The number of nitrogens with one attached hydrogen (secondary N) is 1. The second kappa shape index (κ2) is 7.88. The van der Waals surface area contributed by atoms with E-state index >= 15 is 0 Å². The summed E-state index contributed by atoms with van der Waals surface area (Å²) in [5.74, 6) is -1.06. The molecule has 2 aliphatic rings. The van der Waals surface area contributed by atoms with Crippen LogP contribution < -0.4 is 66.2 Å². The molecule has 4 rings (SSSR count). The van der Waals surface area contributed by atoms with Crippen LogP contribution in [0.3, 0.4) is 0 Å². The Balaban J connectivity index is 0.00000225. The van der Waals surface area contributed by atoms with Gasteiger partial charge < -0.3 is 19.5 Å². The van der Waals surface area contributed by atoms with E-state index in [9.17, 15) is 17.6 Å². The molecular weight excluding hydrogens is 416 g/mol. The summed E-state index contributed by atoms with van der Waals surface area (Å²) in [6.45, 7) is 0.314. The second-order valence-electron chi connectivity index (χ2n) is 6.43. The van der Waals surface area contributed by atoms with Crippen LogP contribution in [0.1, 0.15) is 23.2 Å². The fourth-order valence-electron chi connectivity index (χ4n) is 2.78. The molecule has 0 saturated heterocycles. The monoisotopic (exact) mass is 431 g/mol. The summed E-state index contributed by atoms with van der Waals surface area (Å²) >= 11 is 0. The number of hydrogen-bond donors (Lipinski definition) is 1. The summed E-state index contributed by atoms with van der Waals surface area (Å²) in [7, 11) is -3.03. The molecule has 11 heteroatoms. The Morgan fingerprint density at radius 2 is 2.07 bits per heavy atom. The van der Waals surface area contributed by atoms with Gasteiger partial charge in [0.05, 0.1) is 17.5 Å². The van der Waals surface area contributed by atoms with E-state index in [0.29, 0.717) is 6.61 Å². The molecule has 1 N–H and O–H groups in total. The summed E-state index contributed by atoms with van der Waals surface area (Å²) in [5, 5.41) is 2.87. The zero-order valence-corrected chi connectivity index (χ0v) is 19.2. The third-order valence-electron chi connectivity index (χ3n) is 4.43. The molecule has 0 radical (unpaired) electrons. The number of carbonyl (C=O) groups excluding carboxylic acids is 1. The first-order valence-electron chi connectivity index (χ1n) is 8.09. The van der Waals surface area contributed by atoms with Gasteiger partial charge in [0.2, 0.25) is 5.88 Å². The SMILES string of the molecule is COc1ccc(F)cc1S(=O)(=O)[N-]c1cnc2c(c1)C(=O)NC1(CC1)CO2.[K+]. The molecule has 28 heavy (non-hydrogen) atoms.